The molecule has 4 nitrogen and oxygen atoms in total. The van der Waals surface area contributed by atoms with Gasteiger partial charge in [-0.25, -0.2) is 0 Å². The van der Waals surface area contributed by atoms with Crippen molar-refractivity contribution in [1.82, 2.24) is 5.32 Å². The summed E-state index contributed by atoms with van der Waals surface area (Å²) in [7, 11) is 0. The minimum Gasteiger partial charge on any atom is -0.406 e. The van der Waals surface area contributed by atoms with E-state index >= 15 is 0 Å². The predicted molar refractivity (Wildman–Crippen MR) is 150 cm³/mol. The Morgan fingerprint density at radius 3 is 1.70 bits per heavy atom. The second-order valence-corrected chi connectivity index (χ2v) is 9.97. The van der Waals surface area contributed by atoms with E-state index in [2.05, 4.69) is 21.7 Å². The molecule has 0 aliphatic rings. The summed E-state index contributed by atoms with van der Waals surface area (Å²) < 4.78 is 87.4. The third-order valence-electron chi connectivity index (χ3n) is 6.79. The number of hydrogen-bond donors (Lipinski definition) is 1. The molecule has 4 aromatic carbocycles. The fourth-order valence-electron chi connectivity index (χ4n) is 4.85. The number of ether oxygens (including phenoxy) is 2. The molecule has 0 atom stereocenters. The van der Waals surface area contributed by atoms with E-state index < -0.39 is 35.7 Å². The van der Waals surface area contributed by atoms with Crippen LogP contribution in [0.2, 0.25) is 0 Å². The standard InChI is InChI=1S/C33H29F6NO3/c1-2-3-9-23-16-18-25(19-17-23)30(41)40-31(22-24-10-5-4-6-11-24,26-12-7-14-28(20-26)42-32(34,35)36)27-13-8-15-29(21-27)43-33(37,38)39/h4-8,10-21H,2-3,9,22H2,1H3,(H,40,41). The Balaban J connectivity index is 1.89. The van der Waals surface area contributed by atoms with E-state index in [-0.39, 0.29) is 23.1 Å². The number of aryl methyl sites for hydroxylation is 1. The van der Waals surface area contributed by atoms with Crippen LogP contribution in [0.4, 0.5) is 26.3 Å². The number of amides is 1. The Morgan fingerprint density at radius 2 is 1.21 bits per heavy atom. The Labute approximate surface area is 245 Å². The third kappa shape index (κ3) is 8.76. The van der Waals surface area contributed by atoms with Gasteiger partial charge in [-0.3, -0.25) is 4.79 Å². The van der Waals surface area contributed by atoms with Crippen LogP contribution in [0.15, 0.2) is 103 Å². The summed E-state index contributed by atoms with van der Waals surface area (Å²) in [6.45, 7) is 2.07. The van der Waals surface area contributed by atoms with Crippen molar-refractivity contribution in [2.45, 2.75) is 50.9 Å². The Kier molecular flexibility index (Phi) is 9.68. The number of carbonyl (C=O) groups is 1. The molecule has 226 valence electrons. The average molecular weight is 602 g/mol. The van der Waals surface area contributed by atoms with Crippen LogP contribution in [0.25, 0.3) is 0 Å². The van der Waals surface area contributed by atoms with Crippen molar-refractivity contribution in [1.29, 1.82) is 0 Å². The molecule has 43 heavy (non-hydrogen) atoms. The van der Waals surface area contributed by atoms with Crippen LogP contribution in [0.3, 0.4) is 0 Å². The van der Waals surface area contributed by atoms with E-state index in [4.69, 9.17) is 0 Å². The van der Waals surface area contributed by atoms with Gasteiger partial charge in [-0.1, -0.05) is 80.1 Å². The van der Waals surface area contributed by atoms with E-state index in [1.54, 1.807) is 42.5 Å². The minimum absolute atomic E-state index is 0.0287. The van der Waals surface area contributed by atoms with E-state index in [9.17, 15) is 31.1 Å². The van der Waals surface area contributed by atoms with E-state index in [1.807, 2.05) is 12.1 Å². The highest BCUT2D eigenvalue weighted by atomic mass is 19.4. The van der Waals surface area contributed by atoms with Gasteiger partial charge in [-0.15, -0.1) is 26.3 Å². The van der Waals surface area contributed by atoms with Gasteiger partial charge in [0.1, 0.15) is 11.5 Å². The largest absolute Gasteiger partial charge is 0.573 e. The zero-order valence-electron chi connectivity index (χ0n) is 23.1. The summed E-state index contributed by atoms with van der Waals surface area (Å²) in [4.78, 5) is 13.8. The Bertz CT molecular complexity index is 1440. The summed E-state index contributed by atoms with van der Waals surface area (Å²) >= 11 is 0. The number of carbonyl (C=O) groups excluding carboxylic acids is 1. The highest BCUT2D eigenvalue weighted by molar-refractivity contribution is 5.95. The molecule has 1 amide bonds. The average Bonchev–Trinajstić information content (AvgIpc) is 2.95. The van der Waals surface area contributed by atoms with Crippen LogP contribution in [-0.2, 0) is 18.4 Å². The summed E-state index contributed by atoms with van der Waals surface area (Å²) in [5, 5.41) is 2.96. The number of alkyl halides is 6. The SMILES string of the molecule is CCCCc1ccc(C(=O)NC(Cc2ccccc2)(c2cccc(OC(F)(F)F)c2)c2cccc(OC(F)(F)F)c2)cc1. The van der Waals surface area contributed by atoms with Gasteiger partial charge in [0, 0.05) is 12.0 Å². The van der Waals surface area contributed by atoms with E-state index in [0.29, 0.717) is 5.56 Å². The fourth-order valence-corrected chi connectivity index (χ4v) is 4.85. The van der Waals surface area contributed by atoms with Gasteiger partial charge < -0.3 is 14.8 Å². The second-order valence-electron chi connectivity index (χ2n) is 9.97. The predicted octanol–water partition coefficient (Wildman–Crippen LogP) is 8.74. The molecule has 0 bridgehead atoms. The molecule has 10 heteroatoms. The lowest BCUT2D eigenvalue weighted by atomic mass is 9.77. The molecule has 0 saturated heterocycles. The van der Waals surface area contributed by atoms with Crippen molar-refractivity contribution in [2.24, 2.45) is 0 Å². The van der Waals surface area contributed by atoms with Gasteiger partial charge in [-0.2, -0.15) is 0 Å². The van der Waals surface area contributed by atoms with E-state index in [1.165, 1.54) is 24.3 Å². The van der Waals surface area contributed by atoms with Crippen LogP contribution < -0.4 is 14.8 Å². The zero-order chi connectivity index (χ0) is 31.1. The molecule has 0 aromatic heterocycles. The summed E-state index contributed by atoms with van der Waals surface area (Å²) in [5.74, 6) is -1.69. The number of nitrogens with one attached hydrogen (secondary N) is 1. The second kappa shape index (κ2) is 13.2. The molecular weight excluding hydrogens is 572 g/mol. The molecular formula is C33H29F6NO3. The van der Waals surface area contributed by atoms with Gasteiger partial charge in [0.2, 0.25) is 0 Å². The van der Waals surface area contributed by atoms with Crippen LogP contribution >= 0.6 is 0 Å². The van der Waals surface area contributed by atoms with Crippen molar-refractivity contribution in [2.75, 3.05) is 0 Å². The van der Waals surface area contributed by atoms with Crippen LogP contribution in [0.1, 0.15) is 52.4 Å². The number of unbranched alkanes of at least 4 members (excludes halogenated alkanes) is 1. The smallest absolute Gasteiger partial charge is 0.406 e. The molecule has 0 aliphatic carbocycles. The number of rotatable bonds is 11. The van der Waals surface area contributed by atoms with Crippen molar-refractivity contribution >= 4 is 5.91 Å². The van der Waals surface area contributed by atoms with Crippen LogP contribution in [0, 0.1) is 0 Å². The number of hydrogen-bond acceptors (Lipinski definition) is 3. The van der Waals surface area contributed by atoms with Gasteiger partial charge in [0.25, 0.3) is 5.91 Å². The van der Waals surface area contributed by atoms with E-state index in [0.717, 1.165) is 49.1 Å². The summed E-state index contributed by atoms with van der Waals surface area (Å²) in [6, 6.07) is 25.7. The molecule has 0 aliphatic heterocycles. The Morgan fingerprint density at radius 1 is 0.674 bits per heavy atom. The van der Waals surface area contributed by atoms with Crippen LogP contribution in [-0.4, -0.2) is 18.6 Å². The maximum Gasteiger partial charge on any atom is 0.573 e. The summed E-state index contributed by atoms with van der Waals surface area (Å²) in [6.07, 6.45) is -7.22. The topological polar surface area (TPSA) is 47.6 Å². The molecule has 0 heterocycles. The number of benzene rings is 4. The summed E-state index contributed by atoms with van der Waals surface area (Å²) in [5.41, 5.74) is 0.591. The fraction of sp³-hybridized carbons (Fsp3) is 0.242. The lowest BCUT2D eigenvalue weighted by Crippen LogP contribution is -2.48. The zero-order valence-corrected chi connectivity index (χ0v) is 23.1. The van der Waals surface area contributed by atoms with Gasteiger partial charge in [0.05, 0.1) is 5.54 Å². The molecule has 1 N–H and O–H groups in total. The highest BCUT2D eigenvalue weighted by Crippen LogP contribution is 2.38. The van der Waals surface area contributed by atoms with Crippen molar-refractivity contribution in [3.8, 4) is 11.5 Å². The van der Waals surface area contributed by atoms with Gasteiger partial charge >= 0.3 is 12.7 Å². The van der Waals surface area contributed by atoms with Gasteiger partial charge in [0.15, 0.2) is 0 Å². The molecule has 0 fully saturated rings. The molecule has 0 radical (unpaired) electrons. The van der Waals surface area contributed by atoms with Crippen molar-refractivity contribution in [3.05, 3.63) is 131 Å². The lowest BCUT2D eigenvalue weighted by molar-refractivity contribution is -0.275. The quantitative estimate of drug-likeness (QED) is 0.175. The van der Waals surface area contributed by atoms with Gasteiger partial charge in [-0.05, 0) is 71.5 Å². The first-order valence-electron chi connectivity index (χ1n) is 13.5. The maximum atomic E-state index is 13.8. The molecule has 0 spiro atoms. The third-order valence-corrected chi connectivity index (χ3v) is 6.79. The molecule has 0 saturated carbocycles. The van der Waals surface area contributed by atoms with Crippen molar-refractivity contribution in [3.63, 3.8) is 0 Å². The Hall–Kier alpha value is -4.47. The number of halogens is 6. The first kappa shape index (κ1) is 31.5. The van der Waals surface area contributed by atoms with Crippen molar-refractivity contribution < 1.29 is 40.6 Å². The molecule has 4 rings (SSSR count). The maximum absolute atomic E-state index is 13.8. The lowest BCUT2D eigenvalue weighted by Gasteiger charge is -2.37. The molecule has 0 unspecified atom stereocenters. The normalized spacial score (nSPS) is 12.1. The first-order valence-corrected chi connectivity index (χ1v) is 13.5. The first-order chi connectivity index (χ1) is 20.4. The molecule has 4 aromatic rings. The highest BCUT2D eigenvalue weighted by Gasteiger charge is 2.39. The minimum atomic E-state index is -5.00. The van der Waals surface area contributed by atoms with Crippen LogP contribution in [0.5, 0.6) is 11.5 Å². The monoisotopic (exact) mass is 601 g/mol.